The van der Waals surface area contributed by atoms with Gasteiger partial charge in [0.1, 0.15) is 0 Å². The van der Waals surface area contributed by atoms with Crippen LogP contribution in [0.4, 0.5) is 0 Å². The molecule has 0 aliphatic carbocycles. The largest absolute Gasteiger partial charge is 0.326 e. The fourth-order valence-corrected chi connectivity index (χ4v) is 4.13. The molecule has 1 heterocycles. The highest BCUT2D eigenvalue weighted by Crippen LogP contribution is 2.22. The molecule has 19 heavy (non-hydrogen) atoms. The van der Waals surface area contributed by atoms with Crippen molar-refractivity contribution in [3.63, 3.8) is 0 Å². The molecule has 1 aromatic carbocycles. The first-order chi connectivity index (χ1) is 8.71. The average Bonchev–Trinajstić information content (AvgIpc) is 2.76. The highest BCUT2D eigenvalue weighted by atomic mass is 32.2. The molecular weight excluding hydrogens is 290 g/mol. The van der Waals surface area contributed by atoms with Crippen molar-refractivity contribution in [3.05, 3.63) is 24.3 Å². The van der Waals surface area contributed by atoms with Gasteiger partial charge in [-0.05, 0) is 24.6 Å². The SMILES string of the molecule is NC1CCN(S(=O)(=O)c2cccc(S(N)(=O)=O)c2)C1. The molecule has 1 atom stereocenters. The summed E-state index contributed by atoms with van der Waals surface area (Å²) >= 11 is 0. The molecule has 7 nitrogen and oxygen atoms in total. The van der Waals surface area contributed by atoms with Crippen LogP contribution in [0, 0.1) is 0 Å². The van der Waals surface area contributed by atoms with Crippen LogP contribution in [-0.2, 0) is 20.0 Å². The molecule has 1 fully saturated rings. The second kappa shape index (κ2) is 4.84. The van der Waals surface area contributed by atoms with Crippen molar-refractivity contribution < 1.29 is 16.8 Å². The minimum Gasteiger partial charge on any atom is -0.326 e. The standard InChI is InChI=1S/C10H15N3O4S2/c11-8-4-5-13(7-8)19(16,17)10-3-1-2-9(6-10)18(12,14)15/h1-3,6,8H,4-5,7,11H2,(H2,12,14,15). The molecule has 9 heteroatoms. The van der Waals surface area contributed by atoms with Crippen LogP contribution in [0.15, 0.2) is 34.1 Å². The van der Waals surface area contributed by atoms with Gasteiger partial charge >= 0.3 is 0 Å². The molecule has 0 aromatic heterocycles. The van der Waals surface area contributed by atoms with Crippen molar-refractivity contribution in [1.29, 1.82) is 0 Å². The summed E-state index contributed by atoms with van der Waals surface area (Å²) in [5, 5.41) is 4.99. The van der Waals surface area contributed by atoms with Crippen LogP contribution in [0.25, 0.3) is 0 Å². The number of nitrogens with two attached hydrogens (primary N) is 2. The van der Waals surface area contributed by atoms with Gasteiger partial charge in [0.05, 0.1) is 9.79 Å². The van der Waals surface area contributed by atoms with E-state index in [9.17, 15) is 16.8 Å². The Kier molecular flexibility index (Phi) is 3.67. The van der Waals surface area contributed by atoms with E-state index in [1.807, 2.05) is 0 Å². The van der Waals surface area contributed by atoms with Crippen LogP contribution in [-0.4, -0.2) is 40.3 Å². The maximum Gasteiger partial charge on any atom is 0.243 e. The van der Waals surface area contributed by atoms with E-state index >= 15 is 0 Å². The smallest absolute Gasteiger partial charge is 0.243 e. The number of hydrogen-bond donors (Lipinski definition) is 2. The Bertz CT molecular complexity index is 684. The van der Waals surface area contributed by atoms with Crippen LogP contribution in [0.1, 0.15) is 6.42 Å². The maximum absolute atomic E-state index is 12.3. The Labute approximate surface area is 112 Å². The minimum atomic E-state index is -3.93. The monoisotopic (exact) mass is 305 g/mol. The van der Waals surface area contributed by atoms with Crippen LogP contribution < -0.4 is 10.9 Å². The van der Waals surface area contributed by atoms with E-state index in [-0.39, 0.29) is 22.4 Å². The fourth-order valence-electron chi connectivity index (χ4n) is 1.93. The number of nitrogens with zero attached hydrogens (tertiary/aromatic N) is 1. The highest BCUT2D eigenvalue weighted by Gasteiger charge is 2.31. The molecular formula is C10H15N3O4S2. The lowest BCUT2D eigenvalue weighted by Gasteiger charge is -2.16. The molecule has 1 aliphatic rings. The second-order valence-corrected chi connectivity index (χ2v) is 7.93. The summed E-state index contributed by atoms with van der Waals surface area (Å²) in [6.07, 6.45) is 0.591. The second-order valence-electron chi connectivity index (χ2n) is 4.43. The van der Waals surface area contributed by atoms with Gasteiger partial charge in [-0.2, -0.15) is 4.31 Å². The van der Waals surface area contributed by atoms with Gasteiger partial charge in [0.2, 0.25) is 20.0 Å². The number of sulfonamides is 2. The first kappa shape index (κ1) is 14.4. The van der Waals surface area contributed by atoms with Gasteiger partial charge in [-0.25, -0.2) is 22.0 Å². The summed E-state index contributed by atoms with van der Waals surface area (Å²) in [4.78, 5) is -0.315. The van der Waals surface area contributed by atoms with Gasteiger partial charge in [0, 0.05) is 19.1 Å². The number of primary sulfonamides is 1. The lowest BCUT2D eigenvalue weighted by Crippen LogP contribution is -2.32. The lowest BCUT2D eigenvalue weighted by molar-refractivity contribution is 0.472. The van der Waals surface area contributed by atoms with Crippen molar-refractivity contribution in [2.75, 3.05) is 13.1 Å². The summed E-state index contributed by atoms with van der Waals surface area (Å²) in [5.41, 5.74) is 5.68. The molecule has 0 spiro atoms. The van der Waals surface area contributed by atoms with Crippen LogP contribution in [0.5, 0.6) is 0 Å². The molecule has 1 aliphatic heterocycles. The maximum atomic E-state index is 12.3. The molecule has 0 radical (unpaired) electrons. The summed E-state index contributed by atoms with van der Waals surface area (Å²) < 4.78 is 48.3. The summed E-state index contributed by atoms with van der Waals surface area (Å²) in [6.45, 7) is 0.574. The van der Waals surface area contributed by atoms with E-state index in [0.29, 0.717) is 13.0 Å². The zero-order chi connectivity index (χ0) is 14.3. The zero-order valence-electron chi connectivity index (χ0n) is 10.1. The normalized spacial score (nSPS) is 21.7. The minimum absolute atomic E-state index is 0.0897. The van der Waals surface area contributed by atoms with Gasteiger partial charge in [-0.1, -0.05) is 6.07 Å². The molecule has 2 rings (SSSR count). The van der Waals surface area contributed by atoms with E-state index in [4.69, 9.17) is 10.9 Å². The molecule has 0 saturated carbocycles. The van der Waals surface area contributed by atoms with Gasteiger partial charge in [0.25, 0.3) is 0 Å². The Morgan fingerprint density at radius 2 is 1.79 bits per heavy atom. The van der Waals surface area contributed by atoms with E-state index in [0.717, 1.165) is 6.07 Å². The van der Waals surface area contributed by atoms with Crippen LogP contribution in [0.3, 0.4) is 0 Å². The molecule has 0 amide bonds. The van der Waals surface area contributed by atoms with Crippen molar-refractivity contribution in [1.82, 2.24) is 4.31 Å². The molecule has 0 bridgehead atoms. The van der Waals surface area contributed by atoms with Crippen molar-refractivity contribution in [2.45, 2.75) is 22.3 Å². The molecule has 1 aromatic rings. The van der Waals surface area contributed by atoms with Gasteiger partial charge in [0.15, 0.2) is 0 Å². The first-order valence-corrected chi connectivity index (χ1v) is 8.58. The predicted molar refractivity (Wildman–Crippen MR) is 69.2 cm³/mol. The van der Waals surface area contributed by atoms with Crippen LogP contribution in [0.2, 0.25) is 0 Å². The lowest BCUT2D eigenvalue weighted by atomic mass is 10.3. The average molecular weight is 305 g/mol. The van der Waals surface area contributed by atoms with Crippen molar-refractivity contribution in [2.24, 2.45) is 10.9 Å². The number of benzene rings is 1. The molecule has 4 N–H and O–H groups in total. The Hall–Kier alpha value is -1.00. The predicted octanol–water partition coefficient (Wildman–Crippen LogP) is -0.944. The number of hydrogen-bond acceptors (Lipinski definition) is 5. The van der Waals surface area contributed by atoms with Gasteiger partial charge in [-0.3, -0.25) is 0 Å². The Morgan fingerprint density at radius 3 is 2.32 bits per heavy atom. The third kappa shape index (κ3) is 2.95. The van der Waals surface area contributed by atoms with Gasteiger partial charge in [-0.15, -0.1) is 0 Å². The van der Waals surface area contributed by atoms with Crippen molar-refractivity contribution in [3.8, 4) is 0 Å². The van der Waals surface area contributed by atoms with E-state index in [1.165, 1.54) is 22.5 Å². The summed E-state index contributed by atoms with van der Waals surface area (Å²) in [7, 11) is -7.65. The molecule has 1 saturated heterocycles. The van der Waals surface area contributed by atoms with Crippen molar-refractivity contribution >= 4 is 20.0 Å². The Morgan fingerprint density at radius 1 is 1.16 bits per heavy atom. The quantitative estimate of drug-likeness (QED) is 0.745. The molecule has 1 unspecified atom stereocenters. The van der Waals surface area contributed by atoms with Gasteiger partial charge < -0.3 is 5.73 Å². The molecule has 106 valence electrons. The zero-order valence-corrected chi connectivity index (χ0v) is 11.7. The van der Waals surface area contributed by atoms with E-state index in [1.54, 1.807) is 0 Å². The third-order valence-corrected chi connectivity index (χ3v) is 5.73. The summed E-state index contributed by atoms with van der Waals surface area (Å²) in [5.74, 6) is 0. The Balaban J connectivity index is 2.42. The number of rotatable bonds is 3. The topological polar surface area (TPSA) is 124 Å². The van der Waals surface area contributed by atoms with Crippen LogP contribution >= 0.6 is 0 Å². The highest BCUT2D eigenvalue weighted by molar-refractivity contribution is 7.90. The first-order valence-electron chi connectivity index (χ1n) is 5.60. The van der Waals surface area contributed by atoms with E-state index in [2.05, 4.69) is 0 Å². The summed E-state index contributed by atoms with van der Waals surface area (Å²) in [6, 6.07) is 4.82. The fraction of sp³-hybridized carbons (Fsp3) is 0.400. The third-order valence-electron chi connectivity index (χ3n) is 2.96. The van der Waals surface area contributed by atoms with E-state index < -0.39 is 20.0 Å².